The van der Waals surface area contributed by atoms with Crippen molar-refractivity contribution in [1.29, 1.82) is 0 Å². The lowest BCUT2D eigenvalue weighted by molar-refractivity contribution is -0.186. The fourth-order valence-electron chi connectivity index (χ4n) is 2.78. The number of likely N-dealkylation sites (N-methyl/N-ethyl adjacent to an activating group) is 1. The van der Waals surface area contributed by atoms with E-state index in [4.69, 9.17) is 21.2 Å². The van der Waals surface area contributed by atoms with E-state index in [1.54, 1.807) is 19.0 Å². The molecule has 10 nitrogen and oxygen atoms in total. The van der Waals surface area contributed by atoms with Gasteiger partial charge in [0.25, 0.3) is 0 Å². The Bertz CT molecular complexity index is 991. The molecule has 0 saturated heterocycles. The van der Waals surface area contributed by atoms with Crippen molar-refractivity contribution in [1.82, 2.24) is 14.9 Å². The molecule has 12 heteroatoms. The maximum absolute atomic E-state index is 13.3. The zero-order valence-corrected chi connectivity index (χ0v) is 19.9. The van der Waals surface area contributed by atoms with Crippen LogP contribution in [0.2, 0.25) is 5.02 Å². The van der Waals surface area contributed by atoms with Crippen LogP contribution in [0.25, 0.3) is 0 Å². The van der Waals surface area contributed by atoms with Gasteiger partial charge in [0.05, 0.1) is 17.2 Å². The van der Waals surface area contributed by atoms with Gasteiger partial charge in [-0.15, -0.1) is 0 Å². The molecule has 1 aliphatic rings. The number of carbonyl (C=O) groups is 3. The molecule has 1 aromatic rings. The Hall–Kier alpha value is -2.63. The minimum atomic E-state index is -3.80. The van der Waals surface area contributed by atoms with Crippen LogP contribution in [0.4, 0.5) is 4.79 Å². The average Bonchev–Trinajstić information content (AvgIpc) is 2.68. The summed E-state index contributed by atoms with van der Waals surface area (Å²) in [5, 5.41) is 1.21. The van der Waals surface area contributed by atoms with E-state index in [0.29, 0.717) is 11.6 Å². The topological polar surface area (TPSA) is 114 Å². The summed E-state index contributed by atoms with van der Waals surface area (Å²) < 4.78 is 30.9. The number of esters is 1. The van der Waals surface area contributed by atoms with Crippen molar-refractivity contribution in [3.63, 3.8) is 0 Å². The smallest absolute Gasteiger partial charge is 0.356 e. The molecule has 1 aliphatic heterocycles. The molecule has 2 amide bonds. The van der Waals surface area contributed by atoms with E-state index < -0.39 is 39.3 Å². The quantitative estimate of drug-likeness (QED) is 0.534. The van der Waals surface area contributed by atoms with Gasteiger partial charge in [-0.1, -0.05) is 11.6 Å². The largest absolute Gasteiger partial charge is 0.436 e. The van der Waals surface area contributed by atoms with E-state index >= 15 is 0 Å². The Morgan fingerprint density at radius 1 is 1.00 bits per heavy atom. The van der Waals surface area contributed by atoms with Gasteiger partial charge in [0.2, 0.25) is 0 Å². The molecule has 2 rings (SSSR count). The predicted octanol–water partition coefficient (Wildman–Crippen LogP) is 1.71. The number of sulfone groups is 1. The van der Waals surface area contributed by atoms with Gasteiger partial charge in [-0.2, -0.15) is 5.06 Å². The van der Waals surface area contributed by atoms with Crippen LogP contribution in [-0.4, -0.2) is 86.5 Å². The molecule has 0 atom stereocenters. The highest BCUT2D eigenvalue weighted by Gasteiger charge is 2.39. The van der Waals surface area contributed by atoms with Gasteiger partial charge in [0, 0.05) is 30.3 Å². The number of hydrogen-bond donors (Lipinski definition) is 0. The molecule has 1 aromatic carbocycles. The van der Waals surface area contributed by atoms with Gasteiger partial charge in [0.1, 0.15) is 0 Å². The van der Waals surface area contributed by atoms with E-state index in [-0.39, 0.29) is 18.0 Å². The lowest BCUT2D eigenvalue weighted by Crippen LogP contribution is -2.57. The first-order chi connectivity index (χ1) is 14.8. The van der Waals surface area contributed by atoms with Gasteiger partial charge in [-0.3, -0.25) is 4.90 Å². The van der Waals surface area contributed by atoms with E-state index in [9.17, 15) is 22.8 Å². The van der Waals surface area contributed by atoms with Crippen molar-refractivity contribution in [2.45, 2.75) is 24.5 Å². The fourth-order valence-corrected chi connectivity index (χ4v) is 4.12. The number of hydroxylamine groups is 2. The molecule has 0 unspecified atom stereocenters. The Labute approximate surface area is 192 Å². The number of carbonyl (C=O) groups excluding carboxylic acids is 3. The van der Waals surface area contributed by atoms with E-state index in [2.05, 4.69) is 0 Å². The molecule has 0 saturated carbocycles. The molecular weight excluding hydrogens is 462 g/mol. The average molecular weight is 488 g/mol. The third-order valence-electron chi connectivity index (χ3n) is 4.51. The normalized spacial score (nSPS) is 18.4. The van der Waals surface area contributed by atoms with Crippen molar-refractivity contribution in [3.05, 3.63) is 41.4 Å². The second-order valence-electron chi connectivity index (χ2n) is 7.72. The highest BCUT2D eigenvalue weighted by molar-refractivity contribution is 7.91. The molecule has 0 fully saturated rings. The first-order valence-corrected chi connectivity index (χ1v) is 11.7. The van der Waals surface area contributed by atoms with E-state index in [1.807, 2.05) is 0 Å². The molecule has 0 bridgehead atoms. The SMILES string of the molecule is CN(C)CCN1OC(=O)/C=C\C(=O)OC(C)(C)N(CCS(=O)(=O)c2ccc(Cl)cc2)C1=O. The first kappa shape index (κ1) is 25.6. The monoisotopic (exact) mass is 487 g/mol. The molecule has 0 radical (unpaired) electrons. The Kier molecular flexibility index (Phi) is 8.27. The van der Waals surface area contributed by atoms with Gasteiger partial charge in [-0.05, 0) is 52.2 Å². The number of benzene rings is 1. The summed E-state index contributed by atoms with van der Waals surface area (Å²) in [5.74, 6) is -2.29. The third kappa shape index (κ3) is 6.94. The van der Waals surface area contributed by atoms with Crippen LogP contribution in [-0.2, 0) is 29.0 Å². The lowest BCUT2D eigenvalue weighted by Gasteiger charge is -2.40. The van der Waals surface area contributed by atoms with Crippen LogP contribution < -0.4 is 0 Å². The maximum Gasteiger partial charge on any atom is 0.356 e. The summed E-state index contributed by atoms with van der Waals surface area (Å²) in [6, 6.07) is 4.81. The molecule has 0 spiro atoms. The summed E-state index contributed by atoms with van der Waals surface area (Å²) in [5.41, 5.74) is -1.53. The van der Waals surface area contributed by atoms with Crippen LogP contribution in [0.1, 0.15) is 13.8 Å². The molecule has 32 heavy (non-hydrogen) atoms. The van der Waals surface area contributed by atoms with E-state index in [1.165, 1.54) is 38.1 Å². The predicted molar refractivity (Wildman–Crippen MR) is 116 cm³/mol. The number of rotatable bonds is 7. The Morgan fingerprint density at radius 2 is 1.59 bits per heavy atom. The number of ether oxygens (including phenoxy) is 1. The first-order valence-electron chi connectivity index (χ1n) is 9.67. The standard InChI is InChI=1S/C20H26ClN3O7S/c1-20(2)23(13-14-32(28,29)16-7-5-15(21)6-8-16)19(27)24(12-11-22(3)4)31-18(26)10-9-17(25)30-20/h5-10H,11-14H2,1-4H3/b10-9-. The minimum Gasteiger partial charge on any atom is -0.436 e. The highest BCUT2D eigenvalue weighted by Crippen LogP contribution is 2.22. The summed E-state index contributed by atoms with van der Waals surface area (Å²) >= 11 is 5.82. The van der Waals surface area contributed by atoms with Crippen LogP contribution in [0.3, 0.4) is 0 Å². The Balaban J connectivity index is 2.35. The molecule has 0 aliphatic carbocycles. The Morgan fingerprint density at radius 3 is 2.19 bits per heavy atom. The molecule has 0 aromatic heterocycles. The van der Waals surface area contributed by atoms with Crippen molar-refractivity contribution < 1.29 is 32.4 Å². The number of halogens is 1. The maximum atomic E-state index is 13.3. The zero-order chi connectivity index (χ0) is 24.1. The second-order valence-corrected chi connectivity index (χ2v) is 10.3. The summed E-state index contributed by atoms with van der Waals surface area (Å²) in [6.07, 6.45) is 1.74. The second kappa shape index (κ2) is 10.3. The van der Waals surface area contributed by atoms with Gasteiger partial charge in [-0.25, -0.2) is 22.8 Å². The van der Waals surface area contributed by atoms with Gasteiger partial charge in [0.15, 0.2) is 15.6 Å². The fraction of sp³-hybridized carbons (Fsp3) is 0.450. The van der Waals surface area contributed by atoms with Crippen LogP contribution in [0.5, 0.6) is 0 Å². The summed E-state index contributed by atoms with van der Waals surface area (Å²) in [4.78, 5) is 45.3. The zero-order valence-electron chi connectivity index (χ0n) is 18.3. The van der Waals surface area contributed by atoms with Crippen molar-refractivity contribution in [2.24, 2.45) is 0 Å². The summed E-state index contributed by atoms with van der Waals surface area (Å²) in [6.45, 7) is 2.93. The molecular formula is C20H26ClN3O7S. The van der Waals surface area contributed by atoms with Crippen LogP contribution in [0, 0.1) is 0 Å². The van der Waals surface area contributed by atoms with Crippen molar-refractivity contribution >= 4 is 39.4 Å². The number of cyclic esters (lactones) is 1. The van der Waals surface area contributed by atoms with E-state index in [0.717, 1.165) is 22.1 Å². The van der Waals surface area contributed by atoms with Crippen molar-refractivity contribution in [3.8, 4) is 0 Å². The van der Waals surface area contributed by atoms with Crippen molar-refractivity contribution in [2.75, 3.05) is 39.5 Å². The van der Waals surface area contributed by atoms with Crippen LogP contribution in [0.15, 0.2) is 41.3 Å². The van der Waals surface area contributed by atoms with Gasteiger partial charge < -0.3 is 14.5 Å². The number of amides is 2. The van der Waals surface area contributed by atoms with Crippen LogP contribution >= 0.6 is 11.6 Å². The summed E-state index contributed by atoms with van der Waals surface area (Å²) in [7, 11) is -0.249. The lowest BCUT2D eigenvalue weighted by atomic mass is 10.2. The van der Waals surface area contributed by atoms with Gasteiger partial charge >= 0.3 is 18.0 Å². The molecule has 1 heterocycles. The highest BCUT2D eigenvalue weighted by atomic mass is 35.5. The molecule has 0 N–H and O–H groups in total. The number of nitrogens with zero attached hydrogens (tertiary/aromatic N) is 3. The molecule has 176 valence electrons. The number of hydrogen-bond acceptors (Lipinski definition) is 8. The third-order valence-corrected chi connectivity index (χ3v) is 6.47. The minimum absolute atomic E-state index is 0.00980. The number of urea groups is 1.